The van der Waals surface area contributed by atoms with Crippen molar-refractivity contribution >= 4 is 5.91 Å². The zero-order valence-electron chi connectivity index (χ0n) is 17.6. The van der Waals surface area contributed by atoms with E-state index in [4.69, 9.17) is 4.74 Å². The molecule has 1 N–H and O–H groups in total. The molecule has 4 rings (SSSR count). The van der Waals surface area contributed by atoms with Gasteiger partial charge in [0.2, 0.25) is 5.91 Å². The molecule has 3 heteroatoms. The van der Waals surface area contributed by atoms with Crippen LogP contribution in [-0.4, -0.2) is 25.7 Å². The Bertz CT molecular complexity index is 973. The third-order valence-electron chi connectivity index (χ3n) is 6.22. The lowest BCUT2D eigenvalue weighted by Crippen LogP contribution is -2.45. The molecule has 0 spiro atoms. The summed E-state index contributed by atoms with van der Waals surface area (Å²) in [5, 5.41) is 3.22. The number of hydrogen-bond acceptors (Lipinski definition) is 2. The number of nitrogens with one attached hydrogen (secondary N) is 1. The lowest BCUT2D eigenvalue weighted by molar-refractivity contribution is -0.121. The summed E-state index contributed by atoms with van der Waals surface area (Å²) in [6.07, 6.45) is 2.27. The van der Waals surface area contributed by atoms with Gasteiger partial charge in [0.1, 0.15) is 0 Å². The van der Waals surface area contributed by atoms with E-state index < -0.39 is 0 Å². The molecule has 0 saturated carbocycles. The zero-order chi connectivity index (χ0) is 20.8. The molecular weight excluding hydrogens is 370 g/mol. The number of amides is 1. The average Bonchev–Trinajstić information content (AvgIpc) is 2.80. The summed E-state index contributed by atoms with van der Waals surface area (Å²) < 4.78 is 5.62. The molecule has 3 aromatic carbocycles. The summed E-state index contributed by atoms with van der Waals surface area (Å²) in [6.45, 7) is 4.29. The van der Waals surface area contributed by atoms with Gasteiger partial charge in [-0.15, -0.1) is 0 Å². The molecule has 0 unspecified atom stereocenters. The lowest BCUT2D eigenvalue weighted by atomic mass is 9.72. The lowest BCUT2D eigenvalue weighted by Gasteiger charge is -2.39. The van der Waals surface area contributed by atoms with Crippen LogP contribution in [-0.2, 0) is 21.4 Å². The predicted octanol–water partition coefficient (Wildman–Crippen LogP) is 5.07. The third kappa shape index (κ3) is 4.63. The van der Waals surface area contributed by atoms with Crippen molar-refractivity contribution in [2.75, 3.05) is 19.8 Å². The molecule has 0 bridgehead atoms. The molecule has 3 aromatic rings. The molecule has 1 heterocycles. The monoisotopic (exact) mass is 399 g/mol. The van der Waals surface area contributed by atoms with Crippen LogP contribution in [0.2, 0.25) is 0 Å². The standard InChI is InChI=1S/C27H29NO2/c1-21-7-5-6-10-25(21)27(15-17-30-18-16-27)20-28-26(29)19-22-11-13-24(14-12-22)23-8-3-2-4-9-23/h2-14H,15-20H2,1H3,(H,28,29). The smallest absolute Gasteiger partial charge is 0.224 e. The number of carbonyl (C=O) groups is 1. The Morgan fingerprint density at radius 3 is 2.20 bits per heavy atom. The van der Waals surface area contributed by atoms with E-state index >= 15 is 0 Å². The van der Waals surface area contributed by atoms with Gasteiger partial charge < -0.3 is 10.1 Å². The minimum atomic E-state index is -0.0452. The molecule has 1 fully saturated rings. The van der Waals surface area contributed by atoms with Gasteiger partial charge in [0.05, 0.1) is 6.42 Å². The maximum absolute atomic E-state index is 12.7. The number of carbonyl (C=O) groups excluding carboxylic acids is 1. The SMILES string of the molecule is Cc1ccccc1C1(CNC(=O)Cc2ccc(-c3ccccc3)cc2)CCOCC1. The van der Waals surface area contributed by atoms with E-state index in [0.29, 0.717) is 13.0 Å². The van der Waals surface area contributed by atoms with Crippen LogP contribution in [0.4, 0.5) is 0 Å². The first-order valence-electron chi connectivity index (χ1n) is 10.7. The van der Waals surface area contributed by atoms with Crippen LogP contribution in [0.3, 0.4) is 0 Å². The molecule has 0 radical (unpaired) electrons. The van der Waals surface area contributed by atoms with Gasteiger partial charge in [0.15, 0.2) is 0 Å². The van der Waals surface area contributed by atoms with Gasteiger partial charge in [-0.2, -0.15) is 0 Å². The molecule has 1 saturated heterocycles. The van der Waals surface area contributed by atoms with Gasteiger partial charge >= 0.3 is 0 Å². The first-order chi connectivity index (χ1) is 14.7. The van der Waals surface area contributed by atoms with Crippen molar-refractivity contribution in [3.63, 3.8) is 0 Å². The largest absolute Gasteiger partial charge is 0.381 e. The minimum absolute atomic E-state index is 0.0452. The normalized spacial score (nSPS) is 15.5. The fourth-order valence-electron chi connectivity index (χ4n) is 4.43. The number of benzene rings is 3. The van der Waals surface area contributed by atoms with E-state index in [1.807, 2.05) is 30.3 Å². The highest BCUT2D eigenvalue weighted by atomic mass is 16.5. The summed E-state index contributed by atoms with van der Waals surface area (Å²) in [6, 6.07) is 27.1. The van der Waals surface area contributed by atoms with Gasteiger partial charge in [0.25, 0.3) is 0 Å². The summed E-state index contributed by atoms with van der Waals surface area (Å²) >= 11 is 0. The highest BCUT2D eigenvalue weighted by Crippen LogP contribution is 2.36. The third-order valence-corrected chi connectivity index (χ3v) is 6.22. The van der Waals surface area contributed by atoms with Gasteiger partial charge in [-0.1, -0.05) is 78.9 Å². The number of hydrogen-bond donors (Lipinski definition) is 1. The van der Waals surface area contributed by atoms with Gasteiger partial charge in [-0.05, 0) is 47.6 Å². The summed E-state index contributed by atoms with van der Waals surface area (Å²) in [5.74, 6) is 0.0712. The second-order valence-electron chi connectivity index (χ2n) is 8.22. The first-order valence-corrected chi connectivity index (χ1v) is 10.7. The molecule has 0 aliphatic carbocycles. The second-order valence-corrected chi connectivity index (χ2v) is 8.22. The molecule has 154 valence electrons. The summed E-state index contributed by atoms with van der Waals surface area (Å²) in [7, 11) is 0. The van der Waals surface area contributed by atoms with Crippen molar-refractivity contribution in [3.05, 3.63) is 95.6 Å². The molecule has 30 heavy (non-hydrogen) atoms. The molecule has 0 atom stereocenters. The fourth-order valence-corrected chi connectivity index (χ4v) is 4.43. The average molecular weight is 400 g/mol. The van der Waals surface area contributed by atoms with E-state index in [1.54, 1.807) is 0 Å². The second kappa shape index (κ2) is 9.27. The van der Waals surface area contributed by atoms with E-state index in [0.717, 1.165) is 31.6 Å². The Balaban J connectivity index is 1.41. The Morgan fingerprint density at radius 2 is 1.50 bits per heavy atom. The Labute approximate surface area is 179 Å². The molecule has 1 aliphatic heterocycles. The number of aryl methyl sites for hydroxylation is 1. The van der Waals surface area contributed by atoms with Crippen LogP contribution in [0.15, 0.2) is 78.9 Å². The van der Waals surface area contributed by atoms with Crippen LogP contribution in [0, 0.1) is 6.92 Å². The quantitative estimate of drug-likeness (QED) is 0.628. The highest BCUT2D eigenvalue weighted by Gasteiger charge is 2.35. The number of ether oxygens (including phenoxy) is 1. The van der Waals surface area contributed by atoms with Crippen molar-refractivity contribution in [3.8, 4) is 11.1 Å². The zero-order valence-corrected chi connectivity index (χ0v) is 17.6. The van der Waals surface area contributed by atoms with Gasteiger partial charge in [-0.3, -0.25) is 4.79 Å². The molecule has 0 aromatic heterocycles. The first kappa shape index (κ1) is 20.4. The van der Waals surface area contributed by atoms with E-state index in [-0.39, 0.29) is 11.3 Å². The van der Waals surface area contributed by atoms with Crippen LogP contribution >= 0.6 is 0 Å². The van der Waals surface area contributed by atoms with E-state index in [1.165, 1.54) is 22.3 Å². The topological polar surface area (TPSA) is 38.3 Å². The Kier molecular flexibility index (Phi) is 6.29. The molecule has 3 nitrogen and oxygen atoms in total. The fraction of sp³-hybridized carbons (Fsp3) is 0.296. The minimum Gasteiger partial charge on any atom is -0.381 e. The van der Waals surface area contributed by atoms with Crippen LogP contribution in [0.5, 0.6) is 0 Å². The van der Waals surface area contributed by atoms with Crippen molar-refractivity contribution in [2.24, 2.45) is 0 Å². The maximum Gasteiger partial charge on any atom is 0.224 e. The number of rotatable bonds is 6. The van der Waals surface area contributed by atoms with Crippen molar-refractivity contribution in [2.45, 2.75) is 31.6 Å². The Morgan fingerprint density at radius 1 is 0.867 bits per heavy atom. The van der Waals surface area contributed by atoms with Crippen molar-refractivity contribution in [1.29, 1.82) is 0 Å². The van der Waals surface area contributed by atoms with Crippen LogP contribution < -0.4 is 5.32 Å². The van der Waals surface area contributed by atoms with Crippen molar-refractivity contribution < 1.29 is 9.53 Å². The van der Waals surface area contributed by atoms with Crippen LogP contribution in [0.1, 0.15) is 29.5 Å². The van der Waals surface area contributed by atoms with Crippen molar-refractivity contribution in [1.82, 2.24) is 5.32 Å². The van der Waals surface area contributed by atoms with Gasteiger partial charge in [-0.25, -0.2) is 0 Å². The van der Waals surface area contributed by atoms with E-state index in [9.17, 15) is 4.79 Å². The Hall–Kier alpha value is -2.91. The predicted molar refractivity (Wildman–Crippen MR) is 122 cm³/mol. The highest BCUT2D eigenvalue weighted by molar-refractivity contribution is 5.79. The van der Waals surface area contributed by atoms with Gasteiger partial charge in [0, 0.05) is 25.2 Å². The molecule has 1 amide bonds. The maximum atomic E-state index is 12.7. The van der Waals surface area contributed by atoms with Crippen LogP contribution in [0.25, 0.3) is 11.1 Å². The summed E-state index contributed by atoms with van der Waals surface area (Å²) in [5.41, 5.74) is 5.96. The summed E-state index contributed by atoms with van der Waals surface area (Å²) in [4.78, 5) is 12.7. The van der Waals surface area contributed by atoms with E-state index in [2.05, 4.69) is 60.8 Å². The molecule has 1 aliphatic rings. The molecular formula is C27H29NO2.